The number of rotatable bonds is 4. The lowest BCUT2D eigenvalue weighted by molar-refractivity contribution is -0.134. The Morgan fingerprint density at radius 3 is 2.08 bits per heavy atom. The van der Waals surface area contributed by atoms with Gasteiger partial charge in [0, 0.05) is 19.1 Å². The minimum atomic E-state index is -0.260. The third kappa shape index (κ3) is 5.34. The van der Waals surface area contributed by atoms with Crippen LogP contribution in [0.3, 0.4) is 0 Å². The fraction of sp³-hybridized carbons (Fsp3) is 0.947. The number of carbonyl (C=O) groups is 1. The number of nitrogens with zero attached hydrogens (tertiary/aromatic N) is 2. The maximum Gasteiger partial charge on any atom is 0.239 e. The molecule has 2 saturated heterocycles. The molecule has 3 fully saturated rings. The van der Waals surface area contributed by atoms with Crippen LogP contribution in [0.5, 0.6) is 0 Å². The van der Waals surface area contributed by atoms with E-state index >= 15 is 0 Å². The number of carbonyl (C=O) groups excluding carboxylic acids is 1. The van der Waals surface area contributed by atoms with Gasteiger partial charge in [-0.2, -0.15) is 0 Å². The van der Waals surface area contributed by atoms with Crippen LogP contribution >= 0.6 is 12.4 Å². The van der Waals surface area contributed by atoms with Gasteiger partial charge in [-0.3, -0.25) is 4.79 Å². The molecule has 4 nitrogen and oxygen atoms in total. The van der Waals surface area contributed by atoms with Crippen molar-refractivity contribution in [3.63, 3.8) is 0 Å². The standard InChI is InChI=1S/C19H35N3O.ClH/c20-18(15-16-7-3-1-4-8-16)19(23)22-13-9-17(10-14-22)21-11-5-2-6-12-21;/h16-18H,1-15,20H2;1H. The van der Waals surface area contributed by atoms with Crippen molar-refractivity contribution >= 4 is 18.3 Å². The van der Waals surface area contributed by atoms with E-state index in [9.17, 15) is 4.79 Å². The molecule has 1 amide bonds. The number of likely N-dealkylation sites (tertiary alicyclic amines) is 2. The predicted octanol–water partition coefficient (Wildman–Crippen LogP) is 3.18. The second kappa shape index (κ2) is 9.98. The highest BCUT2D eigenvalue weighted by Crippen LogP contribution is 2.28. The second-order valence-electron chi connectivity index (χ2n) is 8.00. The maximum atomic E-state index is 12.6. The van der Waals surface area contributed by atoms with Crippen molar-refractivity contribution < 1.29 is 4.79 Å². The Hall–Kier alpha value is -0.320. The minimum absolute atomic E-state index is 0. The normalized spacial score (nSPS) is 26.0. The molecule has 0 bridgehead atoms. The third-order valence-corrected chi connectivity index (χ3v) is 6.31. The summed E-state index contributed by atoms with van der Waals surface area (Å²) in [5.41, 5.74) is 6.25. The van der Waals surface area contributed by atoms with Gasteiger partial charge in [0.1, 0.15) is 0 Å². The van der Waals surface area contributed by atoms with Crippen LogP contribution in [0.4, 0.5) is 0 Å². The van der Waals surface area contributed by atoms with E-state index in [0.717, 1.165) is 32.4 Å². The highest BCUT2D eigenvalue weighted by Gasteiger charge is 2.30. The summed E-state index contributed by atoms with van der Waals surface area (Å²) in [6.07, 6.45) is 13.9. The van der Waals surface area contributed by atoms with E-state index in [1.165, 1.54) is 64.5 Å². The largest absolute Gasteiger partial charge is 0.341 e. The lowest BCUT2D eigenvalue weighted by atomic mass is 9.84. The number of amides is 1. The van der Waals surface area contributed by atoms with Crippen LogP contribution in [0.15, 0.2) is 0 Å². The van der Waals surface area contributed by atoms with Gasteiger partial charge in [0.2, 0.25) is 5.91 Å². The maximum absolute atomic E-state index is 12.6. The van der Waals surface area contributed by atoms with Gasteiger partial charge in [-0.1, -0.05) is 38.5 Å². The van der Waals surface area contributed by atoms with Gasteiger partial charge in [0.25, 0.3) is 0 Å². The molecule has 2 aliphatic heterocycles. The van der Waals surface area contributed by atoms with Crippen molar-refractivity contribution in [2.45, 2.75) is 82.7 Å². The van der Waals surface area contributed by atoms with Crippen LogP contribution < -0.4 is 5.73 Å². The first-order chi connectivity index (χ1) is 11.2. The van der Waals surface area contributed by atoms with Crippen molar-refractivity contribution in [1.82, 2.24) is 9.80 Å². The molecule has 3 rings (SSSR count). The Labute approximate surface area is 153 Å². The lowest BCUT2D eigenvalue weighted by Gasteiger charge is -2.41. The highest BCUT2D eigenvalue weighted by atomic mass is 35.5. The smallest absolute Gasteiger partial charge is 0.239 e. The number of halogens is 1. The summed E-state index contributed by atoms with van der Waals surface area (Å²) < 4.78 is 0. The molecule has 0 aromatic carbocycles. The molecule has 0 spiro atoms. The van der Waals surface area contributed by atoms with Gasteiger partial charge in [-0.05, 0) is 51.1 Å². The number of hydrogen-bond donors (Lipinski definition) is 1. The lowest BCUT2D eigenvalue weighted by Crippen LogP contribution is -2.52. The fourth-order valence-electron chi connectivity index (χ4n) is 4.85. The van der Waals surface area contributed by atoms with Gasteiger partial charge >= 0.3 is 0 Å². The van der Waals surface area contributed by atoms with E-state index in [4.69, 9.17) is 5.73 Å². The summed E-state index contributed by atoms with van der Waals surface area (Å²) in [5, 5.41) is 0. The zero-order valence-corrected chi connectivity index (χ0v) is 15.9. The summed E-state index contributed by atoms with van der Waals surface area (Å²) >= 11 is 0. The van der Waals surface area contributed by atoms with Crippen molar-refractivity contribution in [2.75, 3.05) is 26.2 Å². The van der Waals surface area contributed by atoms with Gasteiger partial charge in [0.15, 0.2) is 0 Å². The van der Waals surface area contributed by atoms with E-state index < -0.39 is 0 Å². The first-order valence-electron chi connectivity index (χ1n) is 10.0. The number of nitrogens with two attached hydrogens (primary N) is 1. The molecule has 2 heterocycles. The average Bonchev–Trinajstić information content (AvgIpc) is 2.63. The zero-order valence-electron chi connectivity index (χ0n) is 15.1. The van der Waals surface area contributed by atoms with E-state index in [0.29, 0.717) is 12.0 Å². The van der Waals surface area contributed by atoms with Crippen LogP contribution in [0, 0.1) is 5.92 Å². The Morgan fingerprint density at radius 2 is 1.46 bits per heavy atom. The predicted molar refractivity (Wildman–Crippen MR) is 101 cm³/mol. The highest BCUT2D eigenvalue weighted by molar-refractivity contribution is 5.85. The molecule has 0 aromatic heterocycles. The SMILES string of the molecule is Cl.NC(CC1CCCCC1)C(=O)N1CCC(N2CCCCC2)CC1. The first-order valence-corrected chi connectivity index (χ1v) is 10.0. The van der Waals surface area contributed by atoms with Crippen LogP contribution in [0.25, 0.3) is 0 Å². The van der Waals surface area contributed by atoms with Crippen molar-refractivity contribution in [3.8, 4) is 0 Å². The molecule has 24 heavy (non-hydrogen) atoms. The number of hydrogen-bond acceptors (Lipinski definition) is 3. The van der Waals surface area contributed by atoms with Gasteiger partial charge in [-0.15, -0.1) is 12.4 Å². The zero-order chi connectivity index (χ0) is 16.1. The summed E-state index contributed by atoms with van der Waals surface area (Å²) in [7, 11) is 0. The van der Waals surface area contributed by atoms with Gasteiger partial charge in [0.05, 0.1) is 6.04 Å². The quantitative estimate of drug-likeness (QED) is 0.840. The van der Waals surface area contributed by atoms with Crippen LogP contribution in [0.2, 0.25) is 0 Å². The van der Waals surface area contributed by atoms with E-state index in [-0.39, 0.29) is 24.4 Å². The van der Waals surface area contributed by atoms with E-state index in [2.05, 4.69) is 4.90 Å². The minimum Gasteiger partial charge on any atom is -0.341 e. The molecular weight excluding hydrogens is 322 g/mol. The van der Waals surface area contributed by atoms with Crippen molar-refractivity contribution in [1.29, 1.82) is 0 Å². The van der Waals surface area contributed by atoms with Crippen LogP contribution in [0.1, 0.15) is 70.6 Å². The summed E-state index contributed by atoms with van der Waals surface area (Å²) in [6.45, 7) is 4.36. The molecule has 0 radical (unpaired) electrons. The topological polar surface area (TPSA) is 49.6 Å². The van der Waals surface area contributed by atoms with Gasteiger partial charge < -0.3 is 15.5 Å². The molecule has 1 saturated carbocycles. The Kier molecular flexibility index (Phi) is 8.32. The Morgan fingerprint density at radius 1 is 0.875 bits per heavy atom. The summed E-state index contributed by atoms with van der Waals surface area (Å²) in [4.78, 5) is 17.4. The molecule has 0 aromatic rings. The summed E-state index contributed by atoms with van der Waals surface area (Å²) in [5.74, 6) is 0.904. The number of piperidine rings is 2. The third-order valence-electron chi connectivity index (χ3n) is 6.31. The molecule has 1 aliphatic carbocycles. The fourth-order valence-corrected chi connectivity index (χ4v) is 4.85. The molecule has 3 aliphatic rings. The van der Waals surface area contributed by atoms with Crippen molar-refractivity contribution in [3.05, 3.63) is 0 Å². The van der Waals surface area contributed by atoms with E-state index in [1.807, 2.05) is 4.90 Å². The molecule has 1 atom stereocenters. The molecule has 2 N–H and O–H groups in total. The monoisotopic (exact) mass is 357 g/mol. The van der Waals surface area contributed by atoms with Crippen LogP contribution in [-0.2, 0) is 4.79 Å². The molecule has 140 valence electrons. The second-order valence-corrected chi connectivity index (χ2v) is 8.00. The Balaban J connectivity index is 0.00000208. The molecule has 5 heteroatoms. The average molecular weight is 358 g/mol. The Bertz CT molecular complexity index is 373. The molecular formula is C19H36ClN3O. The molecule has 1 unspecified atom stereocenters. The van der Waals surface area contributed by atoms with Gasteiger partial charge in [-0.25, -0.2) is 0 Å². The van der Waals surface area contributed by atoms with Crippen LogP contribution in [-0.4, -0.2) is 54.0 Å². The van der Waals surface area contributed by atoms with E-state index in [1.54, 1.807) is 0 Å². The van der Waals surface area contributed by atoms with Crippen molar-refractivity contribution in [2.24, 2.45) is 11.7 Å². The summed E-state index contributed by atoms with van der Waals surface area (Å²) in [6, 6.07) is 0.443. The first kappa shape index (κ1) is 20.0.